The molecule has 1 aromatic rings. The molecule has 0 bridgehead atoms. The van der Waals surface area contributed by atoms with Crippen LogP contribution in [0.1, 0.15) is 84.0 Å². The lowest BCUT2D eigenvalue weighted by molar-refractivity contribution is -0.144. The molecule has 7 heteroatoms. The fourth-order valence-electron chi connectivity index (χ4n) is 3.42. The van der Waals surface area contributed by atoms with E-state index in [0.717, 1.165) is 29.5 Å². The Morgan fingerprint density at radius 2 is 1.72 bits per heavy atom. The van der Waals surface area contributed by atoms with Crippen molar-refractivity contribution in [3.63, 3.8) is 0 Å². The van der Waals surface area contributed by atoms with Gasteiger partial charge in [-0.3, -0.25) is 9.59 Å². The number of hydrogen-bond acceptors (Lipinski definition) is 4. The molecule has 0 fully saturated rings. The van der Waals surface area contributed by atoms with Gasteiger partial charge < -0.3 is 20.3 Å². The van der Waals surface area contributed by atoms with Gasteiger partial charge in [0, 0.05) is 12.6 Å². The SMILES string of the molecule is CCCCNC(=O)C(c1cccc(C)c1C)N(C(=O)C(C)NC(=O)OC(C)(C)C)C(C)C. The molecule has 0 aromatic heterocycles. The summed E-state index contributed by atoms with van der Waals surface area (Å²) in [6.07, 6.45) is 1.15. The van der Waals surface area contributed by atoms with E-state index in [0.29, 0.717) is 6.54 Å². The Bertz CT molecular complexity index is 799. The van der Waals surface area contributed by atoms with Crippen molar-refractivity contribution in [1.29, 1.82) is 0 Å². The number of rotatable bonds is 9. The second-order valence-electron chi connectivity index (χ2n) is 9.54. The third-order valence-corrected chi connectivity index (χ3v) is 5.21. The molecule has 0 radical (unpaired) electrons. The third-order valence-electron chi connectivity index (χ3n) is 5.21. The van der Waals surface area contributed by atoms with Gasteiger partial charge in [0.1, 0.15) is 17.7 Å². The molecule has 2 unspecified atom stereocenters. The number of carbonyl (C=O) groups is 3. The van der Waals surface area contributed by atoms with Crippen molar-refractivity contribution in [3.8, 4) is 0 Å². The van der Waals surface area contributed by atoms with Crippen LogP contribution in [0, 0.1) is 13.8 Å². The molecule has 32 heavy (non-hydrogen) atoms. The zero-order valence-electron chi connectivity index (χ0n) is 21.2. The normalized spacial score (nSPS) is 13.3. The summed E-state index contributed by atoms with van der Waals surface area (Å²) in [5, 5.41) is 5.60. The molecule has 2 N–H and O–H groups in total. The van der Waals surface area contributed by atoms with Gasteiger partial charge in [-0.05, 0) is 78.5 Å². The molecule has 0 aliphatic carbocycles. The predicted molar refractivity (Wildman–Crippen MR) is 127 cm³/mol. The quantitative estimate of drug-likeness (QED) is 0.549. The van der Waals surface area contributed by atoms with Gasteiger partial charge in [0.2, 0.25) is 11.8 Å². The first-order valence-corrected chi connectivity index (χ1v) is 11.5. The summed E-state index contributed by atoms with van der Waals surface area (Å²) >= 11 is 0. The molecular weight excluding hydrogens is 406 g/mol. The average molecular weight is 448 g/mol. The van der Waals surface area contributed by atoms with Crippen LogP contribution >= 0.6 is 0 Å². The molecule has 0 saturated heterocycles. The minimum absolute atomic E-state index is 0.223. The number of nitrogens with zero attached hydrogens (tertiary/aromatic N) is 1. The Kier molecular flexibility index (Phi) is 10.2. The van der Waals surface area contributed by atoms with Crippen molar-refractivity contribution >= 4 is 17.9 Å². The number of unbranched alkanes of at least 4 members (excludes halogenated alkanes) is 1. The van der Waals surface area contributed by atoms with E-state index in [9.17, 15) is 14.4 Å². The number of alkyl carbamates (subject to hydrolysis) is 1. The van der Waals surface area contributed by atoms with Crippen molar-refractivity contribution in [1.82, 2.24) is 15.5 Å². The first kappa shape index (κ1) is 27.5. The maximum atomic E-state index is 13.5. The topological polar surface area (TPSA) is 87.7 Å². The minimum atomic E-state index is -0.858. The van der Waals surface area contributed by atoms with Gasteiger partial charge in [-0.1, -0.05) is 31.5 Å². The molecule has 1 rings (SSSR count). The van der Waals surface area contributed by atoms with Crippen LogP contribution in [0.15, 0.2) is 18.2 Å². The number of amides is 3. The first-order valence-electron chi connectivity index (χ1n) is 11.5. The van der Waals surface area contributed by atoms with E-state index in [-0.39, 0.29) is 17.9 Å². The van der Waals surface area contributed by atoms with Crippen LogP contribution in [-0.2, 0) is 14.3 Å². The Morgan fingerprint density at radius 1 is 1.09 bits per heavy atom. The lowest BCUT2D eigenvalue weighted by Crippen LogP contribution is -2.54. The zero-order valence-corrected chi connectivity index (χ0v) is 21.2. The molecule has 2 atom stereocenters. The highest BCUT2D eigenvalue weighted by Crippen LogP contribution is 2.29. The van der Waals surface area contributed by atoms with Gasteiger partial charge in [-0.25, -0.2) is 4.79 Å². The third kappa shape index (κ3) is 7.84. The number of hydrogen-bond donors (Lipinski definition) is 2. The molecule has 3 amide bonds. The summed E-state index contributed by atoms with van der Waals surface area (Å²) in [5.41, 5.74) is 2.12. The fourth-order valence-corrected chi connectivity index (χ4v) is 3.42. The molecule has 7 nitrogen and oxygen atoms in total. The van der Waals surface area contributed by atoms with E-state index in [1.807, 2.05) is 45.9 Å². The number of benzene rings is 1. The lowest BCUT2D eigenvalue weighted by Gasteiger charge is -2.37. The van der Waals surface area contributed by atoms with Crippen molar-refractivity contribution in [2.75, 3.05) is 6.54 Å². The fraction of sp³-hybridized carbons (Fsp3) is 0.640. The standard InChI is InChI=1S/C25H41N3O4/c1-10-11-15-26-22(29)21(20-14-12-13-17(4)18(20)5)28(16(2)3)23(30)19(6)27-24(31)32-25(7,8)9/h12-14,16,19,21H,10-11,15H2,1-9H3,(H,26,29)(H,27,31). The van der Waals surface area contributed by atoms with Crippen LogP contribution in [0.4, 0.5) is 4.79 Å². The number of ether oxygens (including phenoxy) is 1. The summed E-state index contributed by atoms with van der Waals surface area (Å²) in [5.74, 6) is -0.568. The van der Waals surface area contributed by atoms with Gasteiger partial charge in [-0.2, -0.15) is 0 Å². The molecule has 0 heterocycles. The summed E-state index contributed by atoms with van der Waals surface area (Å²) in [4.78, 5) is 40.6. The van der Waals surface area contributed by atoms with Crippen LogP contribution in [0.2, 0.25) is 0 Å². The number of aryl methyl sites for hydroxylation is 1. The van der Waals surface area contributed by atoms with Gasteiger partial charge >= 0.3 is 6.09 Å². The Morgan fingerprint density at radius 3 is 2.25 bits per heavy atom. The van der Waals surface area contributed by atoms with E-state index in [4.69, 9.17) is 4.74 Å². The van der Waals surface area contributed by atoms with Crippen LogP contribution in [0.25, 0.3) is 0 Å². The molecule has 0 aliphatic rings. The highest BCUT2D eigenvalue weighted by Gasteiger charge is 2.37. The highest BCUT2D eigenvalue weighted by molar-refractivity contribution is 5.92. The molecular formula is C25H41N3O4. The van der Waals surface area contributed by atoms with Crippen molar-refractivity contribution in [2.24, 2.45) is 0 Å². The van der Waals surface area contributed by atoms with Gasteiger partial charge in [0.05, 0.1) is 0 Å². The molecule has 0 aliphatic heterocycles. The van der Waals surface area contributed by atoms with Crippen LogP contribution in [-0.4, -0.2) is 47.0 Å². The Balaban J connectivity index is 3.31. The number of carbonyl (C=O) groups excluding carboxylic acids is 3. The van der Waals surface area contributed by atoms with E-state index >= 15 is 0 Å². The summed E-state index contributed by atoms with van der Waals surface area (Å²) < 4.78 is 5.29. The van der Waals surface area contributed by atoms with Gasteiger partial charge in [0.15, 0.2) is 0 Å². The predicted octanol–water partition coefficient (Wildman–Crippen LogP) is 4.41. The maximum absolute atomic E-state index is 13.5. The van der Waals surface area contributed by atoms with E-state index in [2.05, 4.69) is 17.6 Å². The van der Waals surface area contributed by atoms with Crippen molar-refractivity contribution in [2.45, 2.75) is 98.9 Å². The molecule has 180 valence electrons. The van der Waals surface area contributed by atoms with Crippen LogP contribution < -0.4 is 10.6 Å². The van der Waals surface area contributed by atoms with E-state index < -0.39 is 23.8 Å². The highest BCUT2D eigenvalue weighted by atomic mass is 16.6. The monoisotopic (exact) mass is 447 g/mol. The largest absolute Gasteiger partial charge is 0.444 e. The lowest BCUT2D eigenvalue weighted by atomic mass is 9.94. The molecule has 0 saturated carbocycles. The van der Waals surface area contributed by atoms with Gasteiger partial charge in [-0.15, -0.1) is 0 Å². The summed E-state index contributed by atoms with van der Waals surface area (Å²) in [6.45, 7) is 17.2. The maximum Gasteiger partial charge on any atom is 0.408 e. The zero-order chi connectivity index (χ0) is 24.6. The first-order chi connectivity index (χ1) is 14.8. The second kappa shape index (κ2) is 11.9. The molecule has 0 spiro atoms. The van der Waals surface area contributed by atoms with Gasteiger partial charge in [0.25, 0.3) is 0 Å². The van der Waals surface area contributed by atoms with Crippen molar-refractivity contribution in [3.05, 3.63) is 34.9 Å². The van der Waals surface area contributed by atoms with Crippen LogP contribution in [0.3, 0.4) is 0 Å². The van der Waals surface area contributed by atoms with E-state index in [1.54, 1.807) is 32.6 Å². The molecule has 1 aromatic carbocycles. The summed E-state index contributed by atoms with van der Waals surface area (Å²) in [6, 6.07) is 3.84. The Labute approximate surface area is 193 Å². The smallest absolute Gasteiger partial charge is 0.408 e. The van der Waals surface area contributed by atoms with Crippen LogP contribution in [0.5, 0.6) is 0 Å². The Hall–Kier alpha value is -2.57. The number of nitrogens with one attached hydrogen (secondary N) is 2. The second-order valence-corrected chi connectivity index (χ2v) is 9.54. The average Bonchev–Trinajstić information content (AvgIpc) is 2.66. The minimum Gasteiger partial charge on any atom is -0.444 e. The van der Waals surface area contributed by atoms with Crippen molar-refractivity contribution < 1.29 is 19.1 Å². The summed E-state index contributed by atoms with van der Waals surface area (Å²) in [7, 11) is 0. The van der Waals surface area contributed by atoms with E-state index in [1.165, 1.54) is 0 Å².